The maximum atomic E-state index is 12.8. The molecular weight excluding hydrogens is 310 g/mol. The lowest BCUT2D eigenvalue weighted by Gasteiger charge is -2.35. The second kappa shape index (κ2) is 8.15. The summed E-state index contributed by atoms with van der Waals surface area (Å²) in [5.74, 6) is -0.276. The predicted octanol–water partition coefficient (Wildman–Crippen LogP) is 3.16. The molecule has 0 aromatic heterocycles. The summed E-state index contributed by atoms with van der Waals surface area (Å²) in [6.45, 7) is 2.38. The normalized spacial score (nSPS) is 16.3. The molecule has 1 aromatic rings. The zero-order valence-corrected chi connectivity index (χ0v) is 14.5. The summed E-state index contributed by atoms with van der Waals surface area (Å²) in [6, 6.07) is 4.90. The van der Waals surface area contributed by atoms with Crippen LogP contribution in [0.3, 0.4) is 0 Å². The fourth-order valence-corrected chi connectivity index (χ4v) is 3.14. The van der Waals surface area contributed by atoms with Gasteiger partial charge in [-0.15, -0.1) is 0 Å². The lowest BCUT2D eigenvalue weighted by molar-refractivity contribution is -0.145. The van der Waals surface area contributed by atoms with E-state index in [2.05, 4.69) is 5.32 Å². The van der Waals surface area contributed by atoms with Crippen molar-refractivity contribution in [3.05, 3.63) is 23.8 Å². The number of rotatable bonds is 6. The molecule has 6 nitrogen and oxygen atoms in total. The van der Waals surface area contributed by atoms with Crippen molar-refractivity contribution in [1.82, 2.24) is 0 Å². The van der Waals surface area contributed by atoms with Crippen molar-refractivity contribution in [2.45, 2.75) is 44.6 Å². The Morgan fingerprint density at radius 2 is 1.88 bits per heavy atom. The number of methoxy groups -OCH3 is 2. The number of esters is 1. The average Bonchev–Trinajstić information content (AvgIpc) is 2.62. The third kappa shape index (κ3) is 3.87. The molecule has 0 saturated heterocycles. The van der Waals surface area contributed by atoms with Gasteiger partial charge in [0, 0.05) is 12.3 Å². The second-order valence-electron chi connectivity index (χ2n) is 5.85. The molecular formula is C18H25NO5. The first-order chi connectivity index (χ1) is 11.6. The minimum Gasteiger partial charge on any atom is -0.496 e. The molecule has 0 aliphatic heterocycles. The number of benzene rings is 1. The van der Waals surface area contributed by atoms with Crippen LogP contribution in [0.25, 0.3) is 0 Å². The monoisotopic (exact) mass is 335 g/mol. The Labute approximate surface area is 142 Å². The average molecular weight is 335 g/mol. The maximum absolute atomic E-state index is 12.8. The summed E-state index contributed by atoms with van der Waals surface area (Å²) in [5.41, 5.74) is 0.0102. The highest BCUT2D eigenvalue weighted by molar-refractivity contribution is 5.99. The first-order valence-electron chi connectivity index (χ1n) is 8.28. The van der Waals surface area contributed by atoms with Gasteiger partial charge < -0.3 is 19.5 Å². The number of nitrogens with one attached hydrogen (secondary N) is 1. The maximum Gasteiger partial charge on any atom is 0.341 e. The molecule has 1 amide bonds. The molecule has 1 fully saturated rings. The lowest BCUT2D eigenvalue weighted by atomic mass is 9.83. The van der Waals surface area contributed by atoms with E-state index >= 15 is 0 Å². The summed E-state index contributed by atoms with van der Waals surface area (Å²) in [5, 5.41) is 2.88. The standard InChI is InChI=1S/C18H25NO5/c1-4-24-18(10-6-5-7-11-18)17(21)19-13-8-9-15(22-2)14(12-13)16(20)23-3/h8-9,12H,4-7,10-11H2,1-3H3,(H,19,21). The van der Waals surface area contributed by atoms with Crippen molar-refractivity contribution in [2.75, 3.05) is 26.1 Å². The zero-order chi connectivity index (χ0) is 17.6. The van der Waals surface area contributed by atoms with Gasteiger partial charge in [0.15, 0.2) is 0 Å². The van der Waals surface area contributed by atoms with Crippen molar-refractivity contribution in [3.63, 3.8) is 0 Å². The summed E-state index contributed by atoms with van der Waals surface area (Å²) in [7, 11) is 2.78. The Kier molecular flexibility index (Phi) is 6.20. The summed E-state index contributed by atoms with van der Waals surface area (Å²) >= 11 is 0. The number of anilines is 1. The predicted molar refractivity (Wildman–Crippen MR) is 90.4 cm³/mol. The second-order valence-corrected chi connectivity index (χ2v) is 5.85. The molecule has 0 heterocycles. The SMILES string of the molecule is CCOC1(C(=O)Nc2ccc(OC)c(C(=O)OC)c2)CCCCC1. The van der Waals surface area contributed by atoms with Gasteiger partial charge in [0.05, 0.1) is 14.2 Å². The smallest absolute Gasteiger partial charge is 0.341 e. The van der Waals surface area contributed by atoms with E-state index in [-0.39, 0.29) is 11.5 Å². The highest BCUT2D eigenvalue weighted by Gasteiger charge is 2.40. The van der Waals surface area contributed by atoms with Crippen molar-refractivity contribution < 1.29 is 23.8 Å². The summed E-state index contributed by atoms with van der Waals surface area (Å²) < 4.78 is 15.7. The van der Waals surface area contributed by atoms with E-state index in [4.69, 9.17) is 14.2 Å². The zero-order valence-electron chi connectivity index (χ0n) is 14.5. The number of carbonyl (C=O) groups excluding carboxylic acids is 2. The number of hydrogen-bond acceptors (Lipinski definition) is 5. The number of ether oxygens (including phenoxy) is 3. The van der Waals surface area contributed by atoms with E-state index in [1.807, 2.05) is 6.92 Å². The van der Waals surface area contributed by atoms with Gasteiger partial charge in [0.2, 0.25) is 0 Å². The molecule has 1 N–H and O–H groups in total. The van der Waals surface area contributed by atoms with E-state index in [1.165, 1.54) is 14.2 Å². The highest BCUT2D eigenvalue weighted by atomic mass is 16.5. The Morgan fingerprint density at radius 1 is 1.17 bits per heavy atom. The Bertz CT molecular complexity index is 588. The minimum absolute atomic E-state index is 0.162. The van der Waals surface area contributed by atoms with Gasteiger partial charge in [0.1, 0.15) is 16.9 Å². The summed E-state index contributed by atoms with van der Waals surface area (Å²) in [4.78, 5) is 24.7. The molecule has 0 bridgehead atoms. The van der Waals surface area contributed by atoms with Crippen molar-refractivity contribution in [2.24, 2.45) is 0 Å². The number of carbonyl (C=O) groups is 2. The lowest BCUT2D eigenvalue weighted by Crippen LogP contribution is -2.47. The first kappa shape index (κ1) is 18.3. The van der Waals surface area contributed by atoms with E-state index in [0.717, 1.165) is 19.3 Å². The molecule has 0 radical (unpaired) electrons. The quantitative estimate of drug-likeness (QED) is 0.808. The van der Waals surface area contributed by atoms with Crippen LogP contribution in [0.4, 0.5) is 5.69 Å². The fourth-order valence-electron chi connectivity index (χ4n) is 3.14. The largest absolute Gasteiger partial charge is 0.496 e. The van der Waals surface area contributed by atoms with Gasteiger partial charge in [-0.25, -0.2) is 4.79 Å². The van der Waals surface area contributed by atoms with Gasteiger partial charge in [-0.05, 0) is 38.0 Å². The van der Waals surface area contributed by atoms with Crippen LogP contribution in [0.5, 0.6) is 5.75 Å². The van der Waals surface area contributed by atoms with Crippen LogP contribution in [-0.4, -0.2) is 38.3 Å². The van der Waals surface area contributed by atoms with Crippen LogP contribution in [0, 0.1) is 0 Å². The molecule has 1 aliphatic rings. The van der Waals surface area contributed by atoms with E-state index in [0.29, 0.717) is 30.9 Å². The molecule has 2 rings (SSSR count). The van der Waals surface area contributed by atoms with Crippen LogP contribution < -0.4 is 10.1 Å². The van der Waals surface area contributed by atoms with Crippen LogP contribution in [-0.2, 0) is 14.3 Å². The molecule has 0 atom stereocenters. The molecule has 1 aromatic carbocycles. The molecule has 0 spiro atoms. The third-order valence-electron chi connectivity index (χ3n) is 4.36. The Balaban J connectivity index is 2.22. The van der Waals surface area contributed by atoms with Crippen molar-refractivity contribution >= 4 is 17.6 Å². The molecule has 0 unspecified atom stereocenters. The van der Waals surface area contributed by atoms with Crippen LogP contribution in [0.1, 0.15) is 49.4 Å². The van der Waals surface area contributed by atoms with Crippen LogP contribution >= 0.6 is 0 Å². The minimum atomic E-state index is -0.779. The van der Waals surface area contributed by atoms with Gasteiger partial charge in [0.25, 0.3) is 5.91 Å². The molecule has 132 valence electrons. The van der Waals surface area contributed by atoms with Crippen molar-refractivity contribution in [1.29, 1.82) is 0 Å². The highest BCUT2D eigenvalue weighted by Crippen LogP contribution is 2.33. The topological polar surface area (TPSA) is 73.9 Å². The van der Waals surface area contributed by atoms with Gasteiger partial charge in [-0.1, -0.05) is 19.3 Å². The first-order valence-corrected chi connectivity index (χ1v) is 8.28. The molecule has 1 saturated carbocycles. The van der Waals surface area contributed by atoms with E-state index < -0.39 is 11.6 Å². The van der Waals surface area contributed by atoms with Crippen LogP contribution in [0.15, 0.2) is 18.2 Å². The molecule has 1 aliphatic carbocycles. The van der Waals surface area contributed by atoms with Gasteiger partial charge in [-0.2, -0.15) is 0 Å². The Hall–Kier alpha value is -2.08. The third-order valence-corrected chi connectivity index (χ3v) is 4.36. The van der Waals surface area contributed by atoms with Crippen molar-refractivity contribution in [3.8, 4) is 5.75 Å². The van der Waals surface area contributed by atoms with Crippen LogP contribution in [0.2, 0.25) is 0 Å². The molecule has 6 heteroatoms. The Morgan fingerprint density at radius 3 is 2.46 bits per heavy atom. The fraction of sp³-hybridized carbons (Fsp3) is 0.556. The number of amides is 1. The van der Waals surface area contributed by atoms with E-state index in [9.17, 15) is 9.59 Å². The summed E-state index contributed by atoms with van der Waals surface area (Å²) in [6.07, 6.45) is 4.50. The molecule has 24 heavy (non-hydrogen) atoms. The van der Waals surface area contributed by atoms with Gasteiger partial charge >= 0.3 is 5.97 Å². The van der Waals surface area contributed by atoms with Gasteiger partial charge in [-0.3, -0.25) is 4.79 Å². The van der Waals surface area contributed by atoms with E-state index in [1.54, 1.807) is 18.2 Å². The number of hydrogen-bond donors (Lipinski definition) is 1.